The number of hydrogen-bond acceptors (Lipinski definition) is 4. The van der Waals surface area contributed by atoms with Crippen molar-refractivity contribution in [2.24, 2.45) is 11.0 Å². The summed E-state index contributed by atoms with van der Waals surface area (Å²) in [6, 6.07) is 22.8. The minimum atomic E-state index is -0.468. The lowest BCUT2D eigenvalue weighted by Crippen LogP contribution is -2.25. The Kier molecular flexibility index (Phi) is 5.38. The molecule has 4 rings (SSSR count). The van der Waals surface area contributed by atoms with Crippen molar-refractivity contribution < 1.29 is 9.72 Å². The fourth-order valence-corrected chi connectivity index (χ4v) is 4.24. The highest BCUT2D eigenvalue weighted by Gasteiger charge is 2.60. The molecule has 1 N–H and O–H groups in total. The van der Waals surface area contributed by atoms with Gasteiger partial charge >= 0.3 is 0 Å². The van der Waals surface area contributed by atoms with Crippen molar-refractivity contribution in [3.05, 3.63) is 111 Å². The summed E-state index contributed by atoms with van der Waals surface area (Å²) < 4.78 is 0. The molecule has 0 heterocycles. The van der Waals surface area contributed by atoms with E-state index in [0.29, 0.717) is 12.0 Å². The highest BCUT2D eigenvalue weighted by molar-refractivity contribution is 5.89. The van der Waals surface area contributed by atoms with Gasteiger partial charge in [0.15, 0.2) is 0 Å². The van der Waals surface area contributed by atoms with Gasteiger partial charge in [0.25, 0.3) is 5.69 Å². The molecule has 3 aromatic carbocycles. The van der Waals surface area contributed by atoms with E-state index >= 15 is 0 Å². The Bertz CT molecular complexity index is 1140. The number of para-hydroxylation sites is 1. The van der Waals surface area contributed by atoms with Crippen LogP contribution in [-0.2, 0) is 10.2 Å². The van der Waals surface area contributed by atoms with Crippen molar-refractivity contribution in [1.29, 1.82) is 0 Å². The van der Waals surface area contributed by atoms with Crippen LogP contribution in [0.25, 0.3) is 0 Å². The van der Waals surface area contributed by atoms with Crippen LogP contribution in [0.15, 0.2) is 77.9 Å². The molecular formula is C25H23N3O3. The summed E-state index contributed by atoms with van der Waals surface area (Å²) in [4.78, 5) is 23.7. The summed E-state index contributed by atoms with van der Waals surface area (Å²) in [5, 5.41) is 15.2. The highest BCUT2D eigenvalue weighted by atomic mass is 16.6. The zero-order valence-electron chi connectivity index (χ0n) is 17.4. The molecule has 0 saturated heterocycles. The number of hydrogen-bond donors (Lipinski definition) is 1. The van der Waals surface area contributed by atoms with Gasteiger partial charge in [-0.25, -0.2) is 5.43 Å². The smallest absolute Gasteiger partial charge is 0.273 e. The van der Waals surface area contributed by atoms with Crippen molar-refractivity contribution in [3.63, 3.8) is 0 Å². The number of amides is 1. The van der Waals surface area contributed by atoms with Crippen LogP contribution < -0.4 is 5.43 Å². The van der Waals surface area contributed by atoms with E-state index in [1.54, 1.807) is 18.2 Å². The molecule has 3 aromatic rings. The molecule has 0 bridgehead atoms. The molecule has 31 heavy (non-hydrogen) atoms. The van der Waals surface area contributed by atoms with Gasteiger partial charge in [-0.05, 0) is 37.5 Å². The fraction of sp³-hybridized carbons (Fsp3) is 0.200. The van der Waals surface area contributed by atoms with Gasteiger partial charge in [-0.1, -0.05) is 71.8 Å². The van der Waals surface area contributed by atoms with E-state index in [-0.39, 0.29) is 17.5 Å². The predicted molar refractivity (Wildman–Crippen MR) is 120 cm³/mol. The first kappa shape index (κ1) is 20.5. The first-order valence-corrected chi connectivity index (χ1v) is 10.1. The molecule has 0 radical (unpaired) electrons. The Balaban J connectivity index is 1.59. The number of rotatable bonds is 6. The third-order valence-corrected chi connectivity index (χ3v) is 5.86. The number of benzene rings is 3. The SMILES string of the molecule is Cc1cccc(C2(c3cccc(C)c3)C[C@@H]2C(=O)N/N=C\c2ccccc2[N+](=O)[O-])c1. The predicted octanol–water partition coefficient (Wildman–Crippen LogP) is 4.67. The van der Waals surface area contributed by atoms with Crippen LogP contribution >= 0.6 is 0 Å². The minimum Gasteiger partial charge on any atom is -0.273 e. The van der Waals surface area contributed by atoms with Crippen LogP contribution in [0, 0.1) is 29.9 Å². The topological polar surface area (TPSA) is 84.6 Å². The molecule has 1 amide bonds. The van der Waals surface area contributed by atoms with Gasteiger partial charge in [-0.3, -0.25) is 14.9 Å². The molecule has 1 atom stereocenters. The van der Waals surface area contributed by atoms with E-state index in [2.05, 4.69) is 34.8 Å². The maximum absolute atomic E-state index is 13.0. The minimum absolute atomic E-state index is 0.0548. The zero-order chi connectivity index (χ0) is 22.0. The average molecular weight is 413 g/mol. The van der Waals surface area contributed by atoms with Crippen molar-refractivity contribution in [2.75, 3.05) is 0 Å². The molecule has 1 saturated carbocycles. The van der Waals surface area contributed by atoms with Crippen LogP contribution in [0.4, 0.5) is 5.69 Å². The third kappa shape index (κ3) is 3.97. The monoisotopic (exact) mass is 413 g/mol. The standard InChI is InChI=1S/C25H23N3O3/c1-17-7-5-10-20(13-17)25(21-11-6-8-18(2)14-21)15-22(25)24(29)27-26-16-19-9-3-4-12-23(19)28(30)31/h3-14,16,22H,15H2,1-2H3,(H,27,29)/b26-16-/t22-/m1/s1. The molecule has 1 fully saturated rings. The molecule has 156 valence electrons. The number of nitro groups is 1. The summed E-state index contributed by atoms with van der Waals surface area (Å²) in [5.41, 5.74) is 6.99. The van der Waals surface area contributed by atoms with Gasteiger partial charge in [0.2, 0.25) is 5.91 Å². The van der Waals surface area contributed by atoms with Crippen molar-refractivity contribution in [1.82, 2.24) is 5.43 Å². The number of nitrogens with zero attached hydrogens (tertiary/aromatic N) is 2. The first-order chi connectivity index (χ1) is 14.9. The van der Waals surface area contributed by atoms with Gasteiger partial charge in [0.05, 0.1) is 22.6 Å². The second-order valence-electron chi connectivity index (χ2n) is 8.02. The van der Waals surface area contributed by atoms with Gasteiger partial charge in [-0.15, -0.1) is 0 Å². The number of carbonyl (C=O) groups excluding carboxylic acids is 1. The third-order valence-electron chi connectivity index (χ3n) is 5.86. The molecule has 0 aromatic heterocycles. The maximum Gasteiger partial charge on any atom is 0.278 e. The second kappa shape index (κ2) is 8.14. The molecular weight excluding hydrogens is 390 g/mol. The van der Waals surface area contributed by atoms with Gasteiger partial charge in [0.1, 0.15) is 0 Å². The first-order valence-electron chi connectivity index (χ1n) is 10.1. The van der Waals surface area contributed by atoms with Crippen LogP contribution in [0.3, 0.4) is 0 Å². The number of aryl methyl sites for hydroxylation is 2. The van der Waals surface area contributed by atoms with Crippen LogP contribution in [0.5, 0.6) is 0 Å². The lowest BCUT2D eigenvalue weighted by Gasteiger charge is -2.19. The largest absolute Gasteiger partial charge is 0.278 e. The maximum atomic E-state index is 13.0. The summed E-state index contributed by atoms with van der Waals surface area (Å²) >= 11 is 0. The van der Waals surface area contributed by atoms with E-state index in [4.69, 9.17) is 0 Å². The van der Waals surface area contributed by atoms with Crippen molar-refractivity contribution >= 4 is 17.8 Å². The Morgan fingerprint density at radius 2 is 1.65 bits per heavy atom. The summed E-state index contributed by atoms with van der Waals surface area (Å²) in [5.74, 6) is -0.461. The van der Waals surface area contributed by atoms with E-state index in [1.807, 2.05) is 38.1 Å². The molecule has 0 aliphatic heterocycles. The highest BCUT2D eigenvalue weighted by Crippen LogP contribution is 2.59. The van der Waals surface area contributed by atoms with Gasteiger partial charge in [-0.2, -0.15) is 5.10 Å². The second-order valence-corrected chi connectivity index (χ2v) is 8.02. The van der Waals surface area contributed by atoms with Crippen LogP contribution in [0.2, 0.25) is 0 Å². The lowest BCUT2D eigenvalue weighted by atomic mass is 9.84. The normalized spacial score (nSPS) is 16.8. The molecule has 0 unspecified atom stereocenters. The quantitative estimate of drug-likeness (QED) is 0.362. The Morgan fingerprint density at radius 1 is 1.03 bits per heavy atom. The van der Waals surface area contributed by atoms with Crippen LogP contribution in [-0.4, -0.2) is 17.0 Å². The summed E-state index contributed by atoms with van der Waals surface area (Å²) in [7, 11) is 0. The number of hydrazone groups is 1. The number of nitrogens with one attached hydrogen (secondary N) is 1. The fourth-order valence-electron chi connectivity index (χ4n) is 4.24. The Labute approximate surface area is 180 Å². The van der Waals surface area contributed by atoms with E-state index in [0.717, 1.165) is 22.3 Å². The Hall–Kier alpha value is -3.80. The number of carbonyl (C=O) groups is 1. The molecule has 1 aliphatic carbocycles. The summed E-state index contributed by atoms with van der Waals surface area (Å²) in [6.45, 7) is 4.09. The van der Waals surface area contributed by atoms with Gasteiger partial charge in [0, 0.05) is 11.5 Å². The zero-order valence-corrected chi connectivity index (χ0v) is 17.4. The van der Waals surface area contributed by atoms with E-state index < -0.39 is 10.3 Å². The molecule has 0 spiro atoms. The molecule has 6 heteroatoms. The number of nitro benzene ring substituents is 1. The van der Waals surface area contributed by atoms with E-state index in [1.165, 1.54) is 12.3 Å². The van der Waals surface area contributed by atoms with Crippen molar-refractivity contribution in [2.45, 2.75) is 25.7 Å². The molecule has 6 nitrogen and oxygen atoms in total. The lowest BCUT2D eigenvalue weighted by molar-refractivity contribution is -0.385. The Morgan fingerprint density at radius 3 is 2.23 bits per heavy atom. The average Bonchev–Trinajstić information content (AvgIpc) is 3.51. The summed E-state index contributed by atoms with van der Waals surface area (Å²) in [6.07, 6.45) is 2.01. The van der Waals surface area contributed by atoms with Gasteiger partial charge < -0.3 is 0 Å². The molecule has 1 aliphatic rings. The van der Waals surface area contributed by atoms with Crippen molar-refractivity contribution in [3.8, 4) is 0 Å². The van der Waals surface area contributed by atoms with E-state index in [9.17, 15) is 14.9 Å². The van der Waals surface area contributed by atoms with Crippen LogP contribution in [0.1, 0.15) is 34.2 Å².